The number of primary amides is 1. The molecule has 0 aliphatic carbocycles. The molecule has 1 aliphatic rings. The second-order valence-corrected chi connectivity index (χ2v) is 7.03. The molecule has 0 unspecified atom stereocenters. The molecule has 3 N–H and O–H groups in total. The molecule has 6 nitrogen and oxygen atoms in total. The number of ether oxygens (including phenoxy) is 1. The van der Waals surface area contributed by atoms with Gasteiger partial charge in [-0.25, -0.2) is 0 Å². The second-order valence-electron chi connectivity index (χ2n) is 7.03. The van der Waals surface area contributed by atoms with E-state index in [1.54, 1.807) is 25.3 Å². The molecule has 1 aliphatic heterocycles. The fourth-order valence-corrected chi connectivity index (χ4v) is 3.57. The van der Waals surface area contributed by atoms with Crippen LogP contribution >= 0.6 is 0 Å². The summed E-state index contributed by atoms with van der Waals surface area (Å²) in [6.45, 7) is 0.00660. The molecule has 4 rings (SSSR count). The van der Waals surface area contributed by atoms with Gasteiger partial charge in [-0.05, 0) is 41.5 Å². The highest BCUT2D eigenvalue weighted by atomic mass is 16.5. The standard InChI is InChI=1S/C24H21N3O3/c1-30-21-8-3-2-5-16(21)11-15-9-10-20-19(12-15)23(26-14-22(28)27-20)17-6-4-7-18(13-17)24(25)29/h2-10,12-13H,11,14H2,1H3,(H2,25,29)(H,27,28). The van der Waals surface area contributed by atoms with Gasteiger partial charge in [-0.15, -0.1) is 0 Å². The minimum absolute atomic E-state index is 0.00660. The van der Waals surface area contributed by atoms with Crippen LogP contribution in [0.4, 0.5) is 5.69 Å². The van der Waals surface area contributed by atoms with Crippen LogP contribution in [-0.4, -0.2) is 31.2 Å². The van der Waals surface area contributed by atoms with E-state index >= 15 is 0 Å². The van der Waals surface area contributed by atoms with Crippen LogP contribution in [0.1, 0.15) is 32.6 Å². The number of fused-ring (bicyclic) bond motifs is 1. The minimum Gasteiger partial charge on any atom is -0.496 e. The number of nitrogens with zero attached hydrogens (tertiary/aromatic N) is 1. The van der Waals surface area contributed by atoms with E-state index in [2.05, 4.69) is 10.3 Å². The Morgan fingerprint density at radius 1 is 1.10 bits per heavy atom. The topological polar surface area (TPSA) is 93.8 Å². The molecule has 3 aromatic rings. The van der Waals surface area contributed by atoms with Crippen LogP contribution in [0.5, 0.6) is 5.75 Å². The Labute approximate surface area is 174 Å². The number of rotatable bonds is 5. The van der Waals surface area contributed by atoms with Gasteiger partial charge < -0.3 is 15.8 Å². The molecule has 150 valence electrons. The average molecular weight is 399 g/mol. The van der Waals surface area contributed by atoms with Gasteiger partial charge in [0.15, 0.2) is 0 Å². The summed E-state index contributed by atoms with van der Waals surface area (Å²) in [7, 11) is 1.65. The van der Waals surface area contributed by atoms with Crippen LogP contribution in [0, 0.1) is 0 Å². The van der Waals surface area contributed by atoms with Gasteiger partial charge in [-0.3, -0.25) is 14.6 Å². The molecule has 0 fully saturated rings. The number of nitrogens with one attached hydrogen (secondary N) is 1. The molecule has 0 saturated carbocycles. The fraction of sp³-hybridized carbons (Fsp3) is 0.125. The molecule has 0 aromatic heterocycles. The number of hydrogen-bond donors (Lipinski definition) is 2. The molecule has 0 spiro atoms. The molecule has 30 heavy (non-hydrogen) atoms. The molecular weight excluding hydrogens is 378 g/mol. The van der Waals surface area contributed by atoms with Crippen molar-refractivity contribution in [2.24, 2.45) is 10.7 Å². The highest BCUT2D eigenvalue weighted by Gasteiger charge is 2.19. The summed E-state index contributed by atoms with van der Waals surface area (Å²) >= 11 is 0. The normalized spacial score (nSPS) is 13.0. The lowest BCUT2D eigenvalue weighted by Gasteiger charge is -2.14. The Kier molecular flexibility index (Phi) is 5.30. The Hall–Kier alpha value is -3.93. The molecule has 6 heteroatoms. The van der Waals surface area contributed by atoms with E-state index in [1.165, 1.54) is 0 Å². The van der Waals surface area contributed by atoms with E-state index < -0.39 is 5.91 Å². The van der Waals surface area contributed by atoms with Crippen molar-refractivity contribution in [3.8, 4) is 5.75 Å². The van der Waals surface area contributed by atoms with Gasteiger partial charge in [0.2, 0.25) is 11.8 Å². The van der Waals surface area contributed by atoms with E-state index in [-0.39, 0.29) is 12.5 Å². The first-order chi connectivity index (χ1) is 14.5. The zero-order chi connectivity index (χ0) is 21.1. The van der Waals surface area contributed by atoms with Crippen LogP contribution in [0.3, 0.4) is 0 Å². The number of carbonyl (C=O) groups is 2. The lowest BCUT2D eigenvalue weighted by Crippen LogP contribution is -2.13. The summed E-state index contributed by atoms with van der Waals surface area (Å²) in [4.78, 5) is 28.3. The van der Waals surface area contributed by atoms with Gasteiger partial charge in [0, 0.05) is 23.1 Å². The number of hydrogen-bond acceptors (Lipinski definition) is 4. The van der Waals surface area contributed by atoms with E-state index in [0.29, 0.717) is 23.4 Å². The van der Waals surface area contributed by atoms with Crippen molar-refractivity contribution in [3.63, 3.8) is 0 Å². The number of amides is 2. The van der Waals surface area contributed by atoms with Crippen LogP contribution in [0.2, 0.25) is 0 Å². The Bertz CT molecular complexity index is 1170. The predicted molar refractivity (Wildman–Crippen MR) is 116 cm³/mol. The smallest absolute Gasteiger partial charge is 0.248 e. The number of nitrogens with two attached hydrogens (primary N) is 1. The van der Waals surface area contributed by atoms with Crippen molar-refractivity contribution >= 4 is 23.2 Å². The van der Waals surface area contributed by atoms with E-state index in [0.717, 1.165) is 28.0 Å². The fourth-order valence-electron chi connectivity index (χ4n) is 3.57. The Morgan fingerprint density at radius 3 is 2.73 bits per heavy atom. The average Bonchev–Trinajstić information content (AvgIpc) is 2.92. The lowest BCUT2D eigenvalue weighted by atomic mass is 9.95. The summed E-state index contributed by atoms with van der Waals surface area (Å²) in [5.74, 6) is 0.129. The number of benzene rings is 3. The second kappa shape index (κ2) is 8.21. The van der Waals surface area contributed by atoms with Gasteiger partial charge >= 0.3 is 0 Å². The molecular formula is C24H21N3O3. The van der Waals surface area contributed by atoms with Gasteiger partial charge in [0.1, 0.15) is 12.3 Å². The van der Waals surface area contributed by atoms with E-state index in [4.69, 9.17) is 10.5 Å². The zero-order valence-electron chi connectivity index (χ0n) is 16.5. The maximum atomic E-state index is 12.1. The van der Waals surface area contributed by atoms with Crippen molar-refractivity contribution in [2.45, 2.75) is 6.42 Å². The summed E-state index contributed by atoms with van der Waals surface area (Å²) in [5.41, 5.74) is 10.8. The summed E-state index contributed by atoms with van der Waals surface area (Å²) in [6.07, 6.45) is 0.667. The minimum atomic E-state index is -0.509. The molecule has 2 amide bonds. The van der Waals surface area contributed by atoms with Crippen molar-refractivity contribution in [2.75, 3.05) is 19.0 Å². The first-order valence-electron chi connectivity index (χ1n) is 9.55. The van der Waals surface area contributed by atoms with Crippen molar-refractivity contribution < 1.29 is 14.3 Å². The quantitative estimate of drug-likeness (QED) is 0.690. The SMILES string of the molecule is COc1ccccc1Cc1ccc2c(c1)C(c1cccc(C(N)=O)c1)=NCC(=O)N2. The third kappa shape index (κ3) is 3.93. The summed E-state index contributed by atoms with van der Waals surface area (Å²) < 4.78 is 5.47. The van der Waals surface area contributed by atoms with E-state index in [9.17, 15) is 9.59 Å². The maximum absolute atomic E-state index is 12.1. The number of methoxy groups -OCH3 is 1. The van der Waals surface area contributed by atoms with Gasteiger partial charge in [-0.2, -0.15) is 0 Å². The van der Waals surface area contributed by atoms with Crippen LogP contribution in [-0.2, 0) is 11.2 Å². The van der Waals surface area contributed by atoms with Crippen LogP contribution < -0.4 is 15.8 Å². The highest BCUT2D eigenvalue weighted by molar-refractivity contribution is 6.19. The highest BCUT2D eigenvalue weighted by Crippen LogP contribution is 2.27. The summed E-state index contributed by atoms with van der Waals surface area (Å²) in [5, 5.41) is 2.90. The first kappa shape index (κ1) is 19.4. The van der Waals surface area contributed by atoms with E-state index in [1.807, 2.05) is 48.5 Å². The van der Waals surface area contributed by atoms with Gasteiger partial charge in [-0.1, -0.05) is 36.4 Å². The lowest BCUT2D eigenvalue weighted by molar-refractivity contribution is -0.114. The summed E-state index contributed by atoms with van der Waals surface area (Å²) in [6, 6.07) is 20.7. The van der Waals surface area contributed by atoms with Gasteiger partial charge in [0.05, 0.1) is 18.5 Å². The molecule has 3 aromatic carbocycles. The Morgan fingerprint density at radius 2 is 1.93 bits per heavy atom. The third-order valence-electron chi connectivity index (χ3n) is 5.00. The molecule has 0 saturated heterocycles. The molecule has 0 bridgehead atoms. The number of aliphatic imine (C=N–C) groups is 1. The number of benzodiazepines with no additional fused rings is 1. The van der Waals surface area contributed by atoms with Gasteiger partial charge in [0.25, 0.3) is 0 Å². The van der Waals surface area contributed by atoms with Crippen LogP contribution in [0.25, 0.3) is 0 Å². The zero-order valence-corrected chi connectivity index (χ0v) is 16.5. The first-order valence-corrected chi connectivity index (χ1v) is 9.55. The molecule has 0 radical (unpaired) electrons. The number of anilines is 1. The Balaban J connectivity index is 1.78. The number of carbonyl (C=O) groups excluding carboxylic acids is 2. The van der Waals surface area contributed by atoms with Crippen LogP contribution in [0.15, 0.2) is 71.7 Å². The van der Waals surface area contributed by atoms with Crippen molar-refractivity contribution in [3.05, 3.63) is 94.5 Å². The molecule has 0 atom stereocenters. The van der Waals surface area contributed by atoms with Crippen molar-refractivity contribution in [1.29, 1.82) is 0 Å². The predicted octanol–water partition coefficient (Wildman–Crippen LogP) is 3.17. The van der Waals surface area contributed by atoms with Crippen molar-refractivity contribution in [1.82, 2.24) is 0 Å². The number of para-hydroxylation sites is 1. The molecule has 1 heterocycles. The third-order valence-corrected chi connectivity index (χ3v) is 5.00. The maximum Gasteiger partial charge on any atom is 0.248 e. The monoisotopic (exact) mass is 399 g/mol. The largest absolute Gasteiger partial charge is 0.496 e.